The van der Waals surface area contributed by atoms with Crippen molar-refractivity contribution in [3.05, 3.63) is 54.6 Å². The number of nitrogens with zero attached hydrogens (tertiary/aromatic N) is 3. The molecule has 0 saturated carbocycles. The summed E-state index contributed by atoms with van der Waals surface area (Å²) in [6.07, 6.45) is 0.470. The van der Waals surface area contributed by atoms with Crippen molar-refractivity contribution in [3.63, 3.8) is 0 Å². The molecule has 4 rings (SSSR count). The average Bonchev–Trinajstić information content (AvgIpc) is 3.27. The highest BCUT2D eigenvalue weighted by molar-refractivity contribution is 7.99. The summed E-state index contributed by atoms with van der Waals surface area (Å²) in [6.45, 7) is 4.19. The quantitative estimate of drug-likeness (QED) is 0.540. The van der Waals surface area contributed by atoms with Crippen molar-refractivity contribution < 1.29 is 13.2 Å². The molecule has 8 heteroatoms. The fourth-order valence-electron chi connectivity index (χ4n) is 3.95. The molecule has 2 aromatic carbocycles. The summed E-state index contributed by atoms with van der Waals surface area (Å²) in [5, 5.41) is 0.798. The maximum atomic E-state index is 13.3. The van der Waals surface area contributed by atoms with E-state index in [1.807, 2.05) is 54.6 Å². The Morgan fingerprint density at radius 3 is 2.53 bits per heavy atom. The molecule has 3 aromatic rings. The number of amides is 1. The van der Waals surface area contributed by atoms with Gasteiger partial charge in [-0.05, 0) is 44.5 Å². The van der Waals surface area contributed by atoms with Crippen molar-refractivity contribution in [1.29, 1.82) is 0 Å². The van der Waals surface area contributed by atoms with Gasteiger partial charge in [-0.2, -0.15) is 0 Å². The summed E-state index contributed by atoms with van der Waals surface area (Å²) in [5.41, 5.74) is 2.69. The first kappa shape index (κ1) is 20.9. The third-order valence-corrected chi connectivity index (χ3v) is 7.97. The van der Waals surface area contributed by atoms with E-state index < -0.39 is 9.84 Å². The molecular weight excluding hydrogens is 418 g/mol. The van der Waals surface area contributed by atoms with Gasteiger partial charge in [0.2, 0.25) is 5.91 Å². The van der Waals surface area contributed by atoms with Crippen LogP contribution in [0.4, 0.5) is 5.69 Å². The van der Waals surface area contributed by atoms with Crippen LogP contribution >= 0.6 is 11.8 Å². The van der Waals surface area contributed by atoms with E-state index in [2.05, 4.69) is 18.4 Å². The predicted molar refractivity (Wildman–Crippen MR) is 122 cm³/mol. The standard InChI is InChI=1S/C22H25N3O3S2/c1-16(2)24-20-11-7-6-10-19(20)23-22(24)29-14-21(26)25(17-8-4-3-5-9-17)18-12-13-30(27,28)15-18/h3-11,16,18H,12-15H2,1-2H3/t18-/m0/s1. The first-order valence-corrected chi connectivity index (χ1v) is 12.8. The third kappa shape index (κ3) is 4.25. The van der Waals surface area contributed by atoms with Crippen molar-refractivity contribution in [1.82, 2.24) is 9.55 Å². The van der Waals surface area contributed by atoms with Crippen molar-refractivity contribution in [2.75, 3.05) is 22.2 Å². The number of carbonyl (C=O) groups excluding carboxylic acids is 1. The molecule has 1 aromatic heterocycles. The Balaban J connectivity index is 1.59. The molecule has 30 heavy (non-hydrogen) atoms. The number of anilines is 1. The Kier molecular flexibility index (Phi) is 5.88. The number of hydrogen-bond donors (Lipinski definition) is 0. The van der Waals surface area contributed by atoms with Gasteiger partial charge in [-0.1, -0.05) is 42.1 Å². The summed E-state index contributed by atoms with van der Waals surface area (Å²) in [5.74, 6) is 0.241. The zero-order chi connectivity index (χ0) is 21.3. The number of sulfone groups is 1. The predicted octanol–water partition coefficient (Wildman–Crippen LogP) is 3.93. The van der Waals surface area contributed by atoms with Gasteiger partial charge >= 0.3 is 0 Å². The summed E-state index contributed by atoms with van der Waals surface area (Å²) in [4.78, 5) is 19.7. The SMILES string of the molecule is CC(C)n1c(SCC(=O)N(c2ccccc2)[C@H]2CCS(=O)(=O)C2)nc2ccccc21. The fraction of sp³-hybridized carbons (Fsp3) is 0.364. The summed E-state index contributed by atoms with van der Waals surface area (Å²) >= 11 is 1.40. The largest absolute Gasteiger partial charge is 0.316 e. The molecule has 1 aliphatic heterocycles. The van der Waals surface area contributed by atoms with E-state index in [-0.39, 0.29) is 35.2 Å². The van der Waals surface area contributed by atoms with Crippen LogP contribution in [0, 0.1) is 0 Å². The van der Waals surface area contributed by atoms with Gasteiger partial charge in [0.1, 0.15) is 0 Å². The molecule has 1 atom stereocenters. The molecule has 0 radical (unpaired) electrons. The maximum Gasteiger partial charge on any atom is 0.237 e. The average molecular weight is 444 g/mol. The summed E-state index contributed by atoms with van der Waals surface area (Å²) in [6, 6.07) is 17.2. The van der Waals surface area contributed by atoms with E-state index in [0.29, 0.717) is 6.42 Å². The molecule has 6 nitrogen and oxygen atoms in total. The van der Waals surface area contributed by atoms with Crippen molar-refractivity contribution >= 4 is 44.2 Å². The summed E-state index contributed by atoms with van der Waals surface area (Å²) < 4.78 is 26.2. The Bertz CT molecular complexity index is 1160. The lowest BCUT2D eigenvalue weighted by Gasteiger charge is -2.28. The van der Waals surface area contributed by atoms with Crippen molar-refractivity contribution in [2.24, 2.45) is 0 Å². The van der Waals surface area contributed by atoms with Crippen LogP contribution in [0.15, 0.2) is 59.8 Å². The lowest BCUT2D eigenvalue weighted by atomic mass is 10.2. The van der Waals surface area contributed by atoms with Crippen LogP contribution in [0.3, 0.4) is 0 Å². The van der Waals surface area contributed by atoms with Crippen LogP contribution in [-0.2, 0) is 14.6 Å². The van der Waals surface area contributed by atoms with Gasteiger partial charge in [-0.25, -0.2) is 13.4 Å². The number of thioether (sulfide) groups is 1. The first-order chi connectivity index (χ1) is 14.4. The minimum atomic E-state index is -3.10. The van der Waals surface area contributed by atoms with Crippen LogP contribution in [0.2, 0.25) is 0 Å². The van der Waals surface area contributed by atoms with Gasteiger partial charge in [0, 0.05) is 11.7 Å². The van der Waals surface area contributed by atoms with Gasteiger partial charge in [0.25, 0.3) is 0 Å². The number of fused-ring (bicyclic) bond motifs is 1. The first-order valence-electron chi connectivity index (χ1n) is 10.0. The highest BCUT2D eigenvalue weighted by Gasteiger charge is 2.35. The molecule has 2 heterocycles. The minimum Gasteiger partial charge on any atom is -0.316 e. The minimum absolute atomic E-state index is 0.0167. The van der Waals surface area contributed by atoms with Crippen LogP contribution in [0.25, 0.3) is 11.0 Å². The number of hydrogen-bond acceptors (Lipinski definition) is 5. The molecule has 1 amide bonds. The molecule has 0 bridgehead atoms. The van der Waals surface area contributed by atoms with E-state index in [4.69, 9.17) is 4.98 Å². The van der Waals surface area contributed by atoms with Crippen molar-refractivity contribution in [3.8, 4) is 0 Å². The van der Waals surface area contributed by atoms with E-state index in [0.717, 1.165) is 21.9 Å². The van der Waals surface area contributed by atoms with E-state index >= 15 is 0 Å². The fourth-order valence-corrected chi connectivity index (χ4v) is 6.65. The van der Waals surface area contributed by atoms with E-state index in [1.165, 1.54) is 11.8 Å². The number of benzene rings is 2. The number of para-hydroxylation sites is 3. The van der Waals surface area contributed by atoms with Crippen LogP contribution in [0.5, 0.6) is 0 Å². The molecule has 1 fully saturated rings. The molecule has 158 valence electrons. The maximum absolute atomic E-state index is 13.3. The zero-order valence-corrected chi connectivity index (χ0v) is 18.7. The molecule has 0 N–H and O–H groups in total. The Labute approximate surface area is 181 Å². The molecule has 1 aliphatic rings. The topological polar surface area (TPSA) is 72.3 Å². The van der Waals surface area contributed by atoms with Gasteiger partial charge in [-0.3, -0.25) is 4.79 Å². The third-order valence-electron chi connectivity index (χ3n) is 5.28. The second-order valence-electron chi connectivity index (χ2n) is 7.79. The Morgan fingerprint density at radius 1 is 1.17 bits per heavy atom. The molecule has 0 unspecified atom stereocenters. The lowest BCUT2D eigenvalue weighted by Crippen LogP contribution is -2.42. The molecule has 1 saturated heterocycles. The van der Waals surface area contributed by atoms with Crippen LogP contribution in [-0.4, -0.2) is 47.2 Å². The number of carbonyl (C=O) groups is 1. The van der Waals surface area contributed by atoms with Gasteiger partial charge < -0.3 is 9.47 Å². The number of imidazole rings is 1. The molecular formula is C22H25N3O3S2. The summed E-state index contributed by atoms with van der Waals surface area (Å²) in [7, 11) is -3.10. The van der Waals surface area contributed by atoms with Crippen LogP contribution < -0.4 is 4.90 Å². The normalized spacial score (nSPS) is 18.2. The number of rotatable bonds is 6. The number of aromatic nitrogens is 2. The van der Waals surface area contributed by atoms with E-state index in [9.17, 15) is 13.2 Å². The van der Waals surface area contributed by atoms with Crippen molar-refractivity contribution in [2.45, 2.75) is 37.5 Å². The highest BCUT2D eigenvalue weighted by atomic mass is 32.2. The second-order valence-corrected chi connectivity index (χ2v) is 11.0. The van der Waals surface area contributed by atoms with Gasteiger partial charge in [0.15, 0.2) is 15.0 Å². The van der Waals surface area contributed by atoms with Crippen LogP contribution in [0.1, 0.15) is 26.3 Å². The second kappa shape index (κ2) is 8.43. The Morgan fingerprint density at radius 2 is 1.87 bits per heavy atom. The lowest BCUT2D eigenvalue weighted by molar-refractivity contribution is -0.116. The molecule has 0 aliphatic carbocycles. The molecule has 0 spiro atoms. The van der Waals surface area contributed by atoms with Gasteiger partial charge in [-0.15, -0.1) is 0 Å². The van der Waals surface area contributed by atoms with Gasteiger partial charge in [0.05, 0.1) is 34.3 Å². The highest BCUT2D eigenvalue weighted by Crippen LogP contribution is 2.30. The van der Waals surface area contributed by atoms with E-state index in [1.54, 1.807) is 4.90 Å². The zero-order valence-electron chi connectivity index (χ0n) is 17.1. The monoisotopic (exact) mass is 443 g/mol. The Hall–Kier alpha value is -2.32. The smallest absolute Gasteiger partial charge is 0.237 e.